The van der Waals surface area contributed by atoms with E-state index in [2.05, 4.69) is 21.0 Å². The van der Waals surface area contributed by atoms with Gasteiger partial charge in [0.1, 0.15) is 10.5 Å². The zero-order valence-electron chi connectivity index (χ0n) is 7.33. The molecule has 0 aliphatic heterocycles. The Kier molecular flexibility index (Phi) is 3.37. The van der Waals surface area contributed by atoms with E-state index < -0.39 is 16.9 Å². The molecule has 1 rings (SSSR count). The van der Waals surface area contributed by atoms with E-state index in [4.69, 9.17) is 10.8 Å². The predicted octanol–water partition coefficient (Wildman–Crippen LogP) is -0.0343. The van der Waals surface area contributed by atoms with Crippen molar-refractivity contribution in [3.8, 4) is 0 Å². The Morgan fingerprint density at radius 1 is 1.87 bits per heavy atom. The fraction of sp³-hybridized carbons (Fsp3) is 0.333. The third-order valence-electron chi connectivity index (χ3n) is 1.57. The first-order valence-corrected chi connectivity index (χ1v) is 4.57. The lowest BCUT2D eigenvalue weighted by atomic mass is 10.3. The van der Waals surface area contributed by atoms with Crippen LogP contribution in [-0.4, -0.2) is 31.8 Å². The van der Waals surface area contributed by atoms with Gasteiger partial charge in [0, 0.05) is 0 Å². The van der Waals surface area contributed by atoms with Gasteiger partial charge in [-0.25, -0.2) is 0 Å². The van der Waals surface area contributed by atoms with Gasteiger partial charge in [0.25, 0.3) is 0 Å². The van der Waals surface area contributed by atoms with Gasteiger partial charge in [-0.3, -0.25) is 4.79 Å². The summed E-state index contributed by atoms with van der Waals surface area (Å²) in [6.07, 6.45) is 1.31. The molecule has 0 amide bonds. The standard InChI is InChI=1S/C6H7BrN4O4/c7-3-1-10(2-4(8)6(12)13)9-5(3)11(14)15/h1,4H,2,8H2,(H,12,13). The van der Waals surface area contributed by atoms with E-state index in [1.54, 1.807) is 0 Å². The van der Waals surface area contributed by atoms with Crippen molar-refractivity contribution in [1.29, 1.82) is 0 Å². The third kappa shape index (κ3) is 2.73. The number of nitro groups is 1. The average Bonchev–Trinajstić information content (AvgIpc) is 2.46. The lowest BCUT2D eigenvalue weighted by Gasteiger charge is -2.01. The maximum atomic E-state index is 10.4. The maximum absolute atomic E-state index is 10.4. The lowest BCUT2D eigenvalue weighted by Crippen LogP contribution is -2.34. The number of nitrogens with zero attached hydrogens (tertiary/aromatic N) is 3. The van der Waals surface area contributed by atoms with Gasteiger partial charge >= 0.3 is 11.8 Å². The summed E-state index contributed by atoms with van der Waals surface area (Å²) >= 11 is 2.93. The molecule has 9 heteroatoms. The summed E-state index contributed by atoms with van der Waals surface area (Å²) in [5.41, 5.74) is 5.24. The lowest BCUT2D eigenvalue weighted by molar-refractivity contribution is -0.390. The largest absolute Gasteiger partial charge is 0.480 e. The van der Waals surface area contributed by atoms with Gasteiger partial charge in [-0.1, -0.05) is 0 Å². The average molecular weight is 279 g/mol. The van der Waals surface area contributed by atoms with Crippen molar-refractivity contribution >= 4 is 27.7 Å². The molecule has 0 aliphatic rings. The van der Waals surface area contributed by atoms with Gasteiger partial charge in [0.2, 0.25) is 0 Å². The van der Waals surface area contributed by atoms with Crippen LogP contribution in [0.3, 0.4) is 0 Å². The molecule has 0 spiro atoms. The Labute approximate surface area is 91.9 Å². The predicted molar refractivity (Wildman–Crippen MR) is 52.2 cm³/mol. The van der Waals surface area contributed by atoms with E-state index in [1.807, 2.05) is 0 Å². The molecule has 15 heavy (non-hydrogen) atoms. The number of carboxylic acid groups (broad SMARTS) is 1. The second-order valence-corrected chi connectivity index (χ2v) is 3.58. The molecule has 0 fully saturated rings. The summed E-state index contributed by atoms with van der Waals surface area (Å²) < 4.78 is 1.30. The van der Waals surface area contributed by atoms with Crippen molar-refractivity contribution in [2.24, 2.45) is 5.73 Å². The molecule has 1 aromatic rings. The third-order valence-corrected chi connectivity index (χ3v) is 2.13. The molecular weight excluding hydrogens is 272 g/mol. The van der Waals surface area contributed by atoms with Crippen LogP contribution >= 0.6 is 15.9 Å². The number of hydrogen-bond donors (Lipinski definition) is 2. The maximum Gasteiger partial charge on any atom is 0.404 e. The van der Waals surface area contributed by atoms with Crippen molar-refractivity contribution in [3.05, 3.63) is 20.8 Å². The van der Waals surface area contributed by atoms with Gasteiger partial charge in [-0.15, -0.1) is 0 Å². The highest BCUT2D eigenvalue weighted by atomic mass is 79.9. The molecule has 82 valence electrons. The molecule has 0 radical (unpaired) electrons. The van der Waals surface area contributed by atoms with E-state index in [0.717, 1.165) is 4.68 Å². The SMILES string of the molecule is NC(Cn1cc(Br)c([N+](=O)[O-])n1)C(=O)O. The number of halogens is 1. The van der Waals surface area contributed by atoms with Gasteiger partial charge in [-0.2, -0.15) is 4.68 Å². The Morgan fingerprint density at radius 2 is 2.47 bits per heavy atom. The molecule has 0 saturated carbocycles. The highest BCUT2D eigenvalue weighted by molar-refractivity contribution is 9.10. The normalized spacial score (nSPS) is 12.4. The van der Waals surface area contributed by atoms with Crippen LogP contribution in [0, 0.1) is 10.1 Å². The summed E-state index contributed by atoms with van der Waals surface area (Å²) in [7, 11) is 0. The Morgan fingerprint density at radius 3 is 2.87 bits per heavy atom. The van der Waals surface area contributed by atoms with Crippen molar-refractivity contribution < 1.29 is 14.8 Å². The van der Waals surface area contributed by atoms with Crippen molar-refractivity contribution in [2.75, 3.05) is 0 Å². The van der Waals surface area contributed by atoms with Crippen LogP contribution in [-0.2, 0) is 11.3 Å². The monoisotopic (exact) mass is 278 g/mol. The van der Waals surface area contributed by atoms with E-state index in [-0.39, 0.29) is 16.8 Å². The number of carboxylic acids is 1. The number of carbonyl (C=O) groups is 1. The number of aromatic nitrogens is 2. The Bertz CT molecular complexity index is 404. The fourth-order valence-corrected chi connectivity index (χ4v) is 1.34. The van der Waals surface area contributed by atoms with E-state index >= 15 is 0 Å². The Hall–Kier alpha value is -1.48. The number of aliphatic carboxylic acids is 1. The van der Waals surface area contributed by atoms with Crippen LogP contribution in [0.5, 0.6) is 0 Å². The molecule has 0 saturated heterocycles. The first-order chi connectivity index (χ1) is 6.91. The minimum Gasteiger partial charge on any atom is -0.480 e. The number of nitrogens with two attached hydrogens (primary N) is 1. The van der Waals surface area contributed by atoms with E-state index in [0.29, 0.717) is 0 Å². The summed E-state index contributed by atoms with van der Waals surface area (Å²) in [6, 6.07) is -1.14. The van der Waals surface area contributed by atoms with Gasteiger partial charge in [0.05, 0.1) is 17.8 Å². The van der Waals surface area contributed by atoms with Gasteiger partial charge < -0.3 is 21.0 Å². The quantitative estimate of drug-likeness (QED) is 0.588. The molecule has 8 nitrogen and oxygen atoms in total. The molecule has 1 unspecified atom stereocenters. The molecule has 1 atom stereocenters. The van der Waals surface area contributed by atoms with Crippen LogP contribution in [0.4, 0.5) is 5.82 Å². The van der Waals surface area contributed by atoms with E-state index in [9.17, 15) is 14.9 Å². The minimum absolute atomic E-state index is 0.123. The first kappa shape index (κ1) is 11.6. The fourth-order valence-electron chi connectivity index (χ4n) is 0.884. The minimum atomic E-state index is -1.19. The zero-order chi connectivity index (χ0) is 11.6. The molecule has 0 aromatic carbocycles. The highest BCUT2D eigenvalue weighted by Gasteiger charge is 2.21. The van der Waals surface area contributed by atoms with Crippen molar-refractivity contribution in [3.63, 3.8) is 0 Å². The zero-order valence-corrected chi connectivity index (χ0v) is 8.92. The van der Waals surface area contributed by atoms with Crippen LogP contribution < -0.4 is 5.73 Å². The number of hydrogen-bond acceptors (Lipinski definition) is 5. The van der Waals surface area contributed by atoms with Crippen molar-refractivity contribution in [1.82, 2.24) is 9.78 Å². The highest BCUT2D eigenvalue weighted by Crippen LogP contribution is 2.21. The molecule has 0 bridgehead atoms. The number of rotatable bonds is 4. The van der Waals surface area contributed by atoms with Crippen LogP contribution in [0.1, 0.15) is 0 Å². The smallest absolute Gasteiger partial charge is 0.404 e. The molecule has 1 aromatic heterocycles. The van der Waals surface area contributed by atoms with Crippen molar-refractivity contribution in [2.45, 2.75) is 12.6 Å². The summed E-state index contributed by atoms with van der Waals surface area (Å²) in [5.74, 6) is -1.56. The summed E-state index contributed by atoms with van der Waals surface area (Å²) in [6.45, 7) is -0.123. The first-order valence-electron chi connectivity index (χ1n) is 3.77. The topological polar surface area (TPSA) is 124 Å². The summed E-state index contributed by atoms with van der Waals surface area (Å²) in [5, 5.41) is 22.5. The van der Waals surface area contributed by atoms with Gasteiger partial charge in [0.15, 0.2) is 0 Å². The van der Waals surface area contributed by atoms with Crippen LogP contribution in [0.2, 0.25) is 0 Å². The summed E-state index contributed by atoms with van der Waals surface area (Å²) in [4.78, 5) is 20.2. The molecular formula is C6H7BrN4O4. The molecule has 0 aliphatic carbocycles. The molecule has 3 N–H and O–H groups in total. The Balaban J connectivity index is 2.84. The second kappa shape index (κ2) is 4.36. The van der Waals surface area contributed by atoms with Crippen LogP contribution in [0.15, 0.2) is 10.7 Å². The van der Waals surface area contributed by atoms with E-state index in [1.165, 1.54) is 6.20 Å². The second-order valence-electron chi connectivity index (χ2n) is 2.72. The van der Waals surface area contributed by atoms with Gasteiger partial charge in [-0.05, 0) is 20.9 Å². The molecule has 1 heterocycles. The van der Waals surface area contributed by atoms with Crippen LogP contribution in [0.25, 0.3) is 0 Å².